The first-order valence-corrected chi connectivity index (χ1v) is 17.2. The minimum atomic E-state index is 0.0853. The number of rotatable bonds is 2. The van der Waals surface area contributed by atoms with Crippen molar-refractivity contribution in [3.05, 3.63) is 132 Å². The third kappa shape index (κ3) is 3.27. The minimum absolute atomic E-state index is 0.0853. The lowest BCUT2D eigenvalue weighted by atomic mass is 9.43. The normalized spacial score (nSPS) is 25.5. The summed E-state index contributed by atoms with van der Waals surface area (Å²) in [4.78, 5) is 10.9. The summed E-state index contributed by atoms with van der Waals surface area (Å²) < 4.78 is 0. The van der Waals surface area contributed by atoms with Crippen molar-refractivity contribution >= 4 is 32.6 Å². The van der Waals surface area contributed by atoms with Gasteiger partial charge in [-0.05, 0) is 124 Å². The smallest absolute Gasteiger partial charge is 0.0979 e. The van der Waals surface area contributed by atoms with Gasteiger partial charge in [-0.2, -0.15) is 0 Å². The van der Waals surface area contributed by atoms with Gasteiger partial charge in [0.15, 0.2) is 0 Å². The first kappa shape index (κ1) is 25.4. The molecule has 2 nitrogen and oxygen atoms in total. The van der Waals surface area contributed by atoms with Crippen LogP contribution in [-0.4, -0.2) is 9.97 Å². The zero-order valence-electron chi connectivity index (χ0n) is 25.8. The van der Waals surface area contributed by atoms with Crippen molar-refractivity contribution in [3.63, 3.8) is 0 Å². The molecular formula is C44H34N2. The summed E-state index contributed by atoms with van der Waals surface area (Å²) in [7, 11) is 0. The predicted octanol–water partition coefficient (Wildman–Crippen LogP) is 11.0. The highest BCUT2D eigenvalue weighted by atomic mass is 14.8. The molecule has 5 aliphatic rings. The number of nitrogens with zero attached hydrogens (tertiary/aromatic N) is 2. The molecule has 0 radical (unpaired) electrons. The molecule has 7 aromatic rings. The van der Waals surface area contributed by atoms with Crippen molar-refractivity contribution in [2.24, 2.45) is 23.7 Å². The molecule has 5 aliphatic carbocycles. The Balaban J connectivity index is 1.25. The molecule has 220 valence electrons. The van der Waals surface area contributed by atoms with Crippen LogP contribution in [0.5, 0.6) is 0 Å². The van der Waals surface area contributed by atoms with Crippen molar-refractivity contribution in [1.29, 1.82) is 0 Å². The summed E-state index contributed by atoms with van der Waals surface area (Å²) >= 11 is 0. The maximum absolute atomic E-state index is 5.50. The molecular weight excluding hydrogens is 556 g/mol. The molecule has 4 fully saturated rings. The van der Waals surface area contributed by atoms with Gasteiger partial charge >= 0.3 is 0 Å². The van der Waals surface area contributed by atoms with Crippen LogP contribution in [0.1, 0.15) is 43.2 Å². The lowest BCUT2D eigenvalue weighted by molar-refractivity contribution is -0.0398. The van der Waals surface area contributed by atoms with E-state index in [1.54, 1.807) is 11.1 Å². The van der Waals surface area contributed by atoms with Crippen LogP contribution in [0, 0.1) is 23.7 Å². The maximum atomic E-state index is 5.50. The molecule has 0 N–H and O–H groups in total. The number of fused-ring (bicyclic) bond motifs is 6. The third-order valence-electron chi connectivity index (χ3n) is 12.4. The van der Waals surface area contributed by atoms with Gasteiger partial charge in [0.1, 0.15) is 0 Å². The van der Waals surface area contributed by atoms with Gasteiger partial charge in [0.25, 0.3) is 0 Å². The van der Waals surface area contributed by atoms with E-state index in [2.05, 4.69) is 121 Å². The van der Waals surface area contributed by atoms with E-state index in [1.807, 2.05) is 0 Å². The quantitative estimate of drug-likeness (QED) is 0.200. The summed E-state index contributed by atoms with van der Waals surface area (Å²) in [6, 6.07) is 44.9. The standard InChI is InChI=1S/C44H34N2/c1-2-11-30-25-38-36(24-29(30)10-1)41-35(15-8-16-37(41)44(38)31-20-26-19-27(22-31)23-32(44)21-26)43-42(45-39-17-5-6-18-40(39)46-43)34-14-7-12-28-9-3-4-13-33(28)34/h1-18,24-27,31-32H,19-23H2. The topological polar surface area (TPSA) is 25.8 Å². The van der Waals surface area contributed by atoms with Gasteiger partial charge in [-0.1, -0.05) is 97.1 Å². The lowest BCUT2D eigenvalue weighted by Gasteiger charge is -2.61. The average molecular weight is 591 g/mol. The van der Waals surface area contributed by atoms with Gasteiger partial charge in [-0.25, -0.2) is 9.97 Å². The molecule has 12 rings (SSSR count). The number of aromatic nitrogens is 2. The molecule has 0 saturated heterocycles. The highest BCUT2D eigenvalue weighted by molar-refractivity contribution is 6.04. The van der Waals surface area contributed by atoms with Gasteiger partial charge in [0.05, 0.1) is 22.4 Å². The molecule has 4 bridgehead atoms. The van der Waals surface area contributed by atoms with Crippen LogP contribution in [0.15, 0.2) is 121 Å². The molecule has 0 amide bonds. The molecule has 0 aliphatic heterocycles. The molecule has 1 spiro atoms. The van der Waals surface area contributed by atoms with Crippen molar-refractivity contribution in [2.45, 2.75) is 37.5 Å². The Labute approximate surface area is 269 Å². The molecule has 1 heterocycles. The zero-order valence-corrected chi connectivity index (χ0v) is 25.8. The predicted molar refractivity (Wildman–Crippen MR) is 189 cm³/mol. The van der Waals surface area contributed by atoms with E-state index in [9.17, 15) is 0 Å². The summed E-state index contributed by atoms with van der Waals surface area (Å²) in [6.45, 7) is 0. The van der Waals surface area contributed by atoms with E-state index in [-0.39, 0.29) is 5.41 Å². The first-order chi connectivity index (χ1) is 22.8. The van der Waals surface area contributed by atoms with Crippen LogP contribution < -0.4 is 0 Å². The van der Waals surface area contributed by atoms with Gasteiger partial charge in [-0.15, -0.1) is 0 Å². The lowest BCUT2D eigenvalue weighted by Crippen LogP contribution is -2.55. The van der Waals surface area contributed by atoms with E-state index >= 15 is 0 Å². The Morgan fingerprint density at radius 1 is 0.457 bits per heavy atom. The van der Waals surface area contributed by atoms with E-state index in [0.717, 1.165) is 39.8 Å². The van der Waals surface area contributed by atoms with Gasteiger partial charge in [0.2, 0.25) is 0 Å². The van der Waals surface area contributed by atoms with E-state index in [4.69, 9.17) is 9.97 Å². The second-order valence-corrected chi connectivity index (χ2v) is 14.6. The molecule has 4 saturated carbocycles. The average Bonchev–Trinajstić information content (AvgIpc) is 3.38. The van der Waals surface area contributed by atoms with Crippen molar-refractivity contribution in [3.8, 4) is 33.6 Å². The summed E-state index contributed by atoms with van der Waals surface area (Å²) in [5, 5.41) is 5.13. The highest BCUT2D eigenvalue weighted by Gasteiger charge is 2.61. The number of hydrogen-bond donors (Lipinski definition) is 0. The van der Waals surface area contributed by atoms with Gasteiger partial charge in [-0.3, -0.25) is 0 Å². The molecule has 2 heteroatoms. The number of hydrogen-bond acceptors (Lipinski definition) is 2. The van der Waals surface area contributed by atoms with Gasteiger partial charge in [0, 0.05) is 16.5 Å². The second-order valence-electron chi connectivity index (χ2n) is 14.6. The van der Waals surface area contributed by atoms with E-state index < -0.39 is 0 Å². The van der Waals surface area contributed by atoms with Crippen molar-refractivity contribution < 1.29 is 0 Å². The monoisotopic (exact) mass is 590 g/mol. The minimum Gasteiger partial charge on any atom is -0.244 e. The Kier molecular flexibility index (Phi) is 5.04. The maximum Gasteiger partial charge on any atom is 0.0979 e. The van der Waals surface area contributed by atoms with Crippen LogP contribution in [0.3, 0.4) is 0 Å². The summed E-state index contributed by atoms with van der Waals surface area (Å²) in [5.74, 6) is 3.24. The van der Waals surface area contributed by atoms with E-state index in [1.165, 1.54) is 70.3 Å². The van der Waals surface area contributed by atoms with Crippen LogP contribution in [0.2, 0.25) is 0 Å². The summed E-state index contributed by atoms with van der Waals surface area (Å²) in [5.41, 5.74) is 12.3. The van der Waals surface area contributed by atoms with Crippen molar-refractivity contribution in [2.75, 3.05) is 0 Å². The number of benzene rings is 6. The summed E-state index contributed by atoms with van der Waals surface area (Å²) in [6.07, 6.45) is 6.96. The Bertz CT molecular complexity index is 2370. The number of para-hydroxylation sites is 2. The Morgan fingerprint density at radius 3 is 1.76 bits per heavy atom. The molecule has 1 aromatic heterocycles. The fourth-order valence-corrected chi connectivity index (χ4v) is 10.9. The SMILES string of the molecule is c1cc(-c2nc3ccccc3nc2-c2cccc3ccccc23)c2c(c1)C1(c3cc4ccccc4cc3-2)C2CC3CC(C2)CC1C3. The van der Waals surface area contributed by atoms with Crippen LogP contribution in [-0.2, 0) is 5.41 Å². The molecule has 0 atom stereocenters. The van der Waals surface area contributed by atoms with Crippen LogP contribution in [0.25, 0.3) is 66.2 Å². The zero-order chi connectivity index (χ0) is 30.0. The van der Waals surface area contributed by atoms with Crippen LogP contribution >= 0.6 is 0 Å². The Hall–Kier alpha value is -4.82. The van der Waals surface area contributed by atoms with Crippen LogP contribution in [0.4, 0.5) is 0 Å². The molecule has 0 unspecified atom stereocenters. The first-order valence-electron chi connectivity index (χ1n) is 17.2. The molecule has 46 heavy (non-hydrogen) atoms. The fraction of sp³-hybridized carbons (Fsp3) is 0.227. The van der Waals surface area contributed by atoms with E-state index in [0.29, 0.717) is 11.8 Å². The largest absolute Gasteiger partial charge is 0.244 e. The fourth-order valence-electron chi connectivity index (χ4n) is 10.9. The van der Waals surface area contributed by atoms with Gasteiger partial charge < -0.3 is 0 Å². The highest BCUT2D eigenvalue weighted by Crippen LogP contribution is 2.70. The van der Waals surface area contributed by atoms with Crippen molar-refractivity contribution in [1.82, 2.24) is 9.97 Å². The third-order valence-corrected chi connectivity index (χ3v) is 12.4. The molecule has 6 aromatic carbocycles. The second kappa shape index (κ2) is 9.13. The Morgan fingerprint density at radius 2 is 1.02 bits per heavy atom.